The number of hydrogen-bond acceptors (Lipinski definition) is 3. The van der Waals surface area contributed by atoms with Gasteiger partial charge in [-0.15, -0.1) is 11.3 Å². The van der Waals surface area contributed by atoms with Crippen molar-refractivity contribution in [1.82, 2.24) is 4.98 Å². The van der Waals surface area contributed by atoms with Gasteiger partial charge in [0.25, 0.3) is 0 Å². The van der Waals surface area contributed by atoms with E-state index in [-0.39, 0.29) is 0 Å². The smallest absolute Gasteiger partial charge is 0.162 e. The number of hydrogen-bond donors (Lipinski definition) is 0. The molecule has 2 aromatic heterocycles. The van der Waals surface area contributed by atoms with Gasteiger partial charge in [0, 0.05) is 14.9 Å². The Kier molecular flexibility index (Phi) is 3.06. The van der Waals surface area contributed by atoms with E-state index in [0.717, 1.165) is 26.5 Å². The summed E-state index contributed by atoms with van der Waals surface area (Å²) in [5.41, 5.74) is 2.14. The molecule has 0 spiro atoms. The number of thiazole rings is 1. The predicted octanol–water partition coefficient (Wildman–Crippen LogP) is 5.14. The Morgan fingerprint density at radius 1 is 1.22 bits per heavy atom. The van der Waals surface area contributed by atoms with Crippen LogP contribution in [-0.2, 0) is 0 Å². The van der Waals surface area contributed by atoms with Crippen molar-refractivity contribution in [3.63, 3.8) is 0 Å². The minimum atomic E-state index is 0.823. The number of nitrogens with zero attached hydrogens (tertiary/aromatic N) is 1. The van der Waals surface area contributed by atoms with Gasteiger partial charge < -0.3 is 4.42 Å². The summed E-state index contributed by atoms with van der Waals surface area (Å²) in [5.74, 6) is 0.823. The van der Waals surface area contributed by atoms with Crippen LogP contribution < -0.4 is 0 Å². The van der Waals surface area contributed by atoms with Crippen LogP contribution in [0.1, 0.15) is 4.88 Å². The van der Waals surface area contributed by atoms with Crippen LogP contribution in [0.4, 0.5) is 0 Å². The molecule has 2 heterocycles. The normalized spacial score (nSPS) is 10.8. The van der Waals surface area contributed by atoms with Crippen LogP contribution in [0, 0.1) is 6.92 Å². The van der Waals surface area contributed by atoms with Gasteiger partial charge in [-0.1, -0.05) is 28.1 Å². The topological polar surface area (TPSA) is 26.0 Å². The number of furan rings is 1. The van der Waals surface area contributed by atoms with Crippen LogP contribution in [-0.4, -0.2) is 4.98 Å². The van der Waals surface area contributed by atoms with Gasteiger partial charge in [-0.25, -0.2) is 4.98 Å². The minimum absolute atomic E-state index is 0.823. The number of aromatic nitrogens is 1. The lowest BCUT2D eigenvalue weighted by atomic mass is 10.1. The quantitative estimate of drug-likeness (QED) is 0.653. The Balaban J connectivity index is 2.09. The van der Waals surface area contributed by atoms with Crippen molar-refractivity contribution >= 4 is 27.3 Å². The zero-order chi connectivity index (χ0) is 12.5. The molecule has 2 nitrogen and oxygen atoms in total. The second-order valence-electron chi connectivity index (χ2n) is 3.91. The first-order valence-corrected chi connectivity index (χ1v) is 7.12. The summed E-state index contributed by atoms with van der Waals surface area (Å²) < 4.78 is 6.45. The first-order valence-electron chi connectivity index (χ1n) is 5.51. The average Bonchev–Trinajstić information content (AvgIpc) is 2.97. The van der Waals surface area contributed by atoms with Crippen LogP contribution in [0.5, 0.6) is 0 Å². The molecular formula is C14H10BrNOS. The van der Waals surface area contributed by atoms with Crippen LogP contribution >= 0.6 is 27.3 Å². The molecule has 90 valence electrons. The Bertz CT molecular complexity index is 673. The van der Waals surface area contributed by atoms with Gasteiger partial charge in [-0.3, -0.25) is 0 Å². The molecule has 0 radical (unpaired) electrons. The van der Waals surface area contributed by atoms with E-state index in [4.69, 9.17) is 4.42 Å². The molecule has 0 aliphatic rings. The fourth-order valence-electron chi connectivity index (χ4n) is 1.81. The van der Waals surface area contributed by atoms with Crippen LogP contribution in [0.2, 0.25) is 0 Å². The van der Waals surface area contributed by atoms with Gasteiger partial charge in [-0.2, -0.15) is 0 Å². The van der Waals surface area contributed by atoms with Crippen molar-refractivity contribution in [3.05, 3.63) is 52.0 Å². The maximum Gasteiger partial charge on any atom is 0.162 e. The fraction of sp³-hybridized carbons (Fsp3) is 0.0714. The Morgan fingerprint density at radius 3 is 2.83 bits per heavy atom. The van der Waals surface area contributed by atoms with Crippen molar-refractivity contribution in [2.75, 3.05) is 0 Å². The molecule has 0 aliphatic heterocycles. The molecule has 18 heavy (non-hydrogen) atoms. The maximum atomic E-state index is 5.39. The summed E-state index contributed by atoms with van der Waals surface area (Å²) in [6.45, 7) is 2.08. The van der Waals surface area contributed by atoms with Crippen molar-refractivity contribution in [1.29, 1.82) is 0 Å². The zero-order valence-corrected chi connectivity index (χ0v) is 12.1. The molecule has 0 fully saturated rings. The van der Waals surface area contributed by atoms with Crippen molar-refractivity contribution < 1.29 is 4.42 Å². The second-order valence-corrected chi connectivity index (χ2v) is 6.03. The van der Waals surface area contributed by atoms with Crippen molar-refractivity contribution in [2.24, 2.45) is 0 Å². The van der Waals surface area contributed by atoms with E-state index < -0.39 is 0 Å². The molecule has 3 rings (SSSR count). The second kappa shape index (κ2) is 4.71. The molecule has 1 aromatic carbocycles. The van der Waals surface area contributed by atoms with E-state index in [0.29, 0.717) is 0 Å². The summed E-state index contributed by atoms with van der Waals surface area (Å²) in [6, 6.07) is 12.0. The van der Waals surface area contributed by atoms with Crippen LogP contribution in [0.25, 0.3) is 22.0 Å². The number of aryl methyl sites for hydroxylation is 1. The molecule has 0 unspecified atom stereocenters. The molecule has 0 amide bonds. The minimum Gasteiger partial charge on any atom is -0.462 e. The van der Waals surface area contributed by atoms with Crippen LogP contribution in [0.15, 0.2) is 51.6 Å². The standard InChI is InChI=1S/C14H10BrNOS/c1-9-13(10-4-2-5-11(15)8-10)16-14(18-9)12-6-3-7-17-12/h2-8H,1H3. The molecular weight excluding hydrogens is 310 g/mol. The zero-order valence-electron chi connectivity index (χ0n) is 9.68. The molecule has 3 aromatic rings. The van der Waals surface area contributed by atoms with Gasteiger partial charge in [0.15, 0.2) is 10.8 Å². The maximum absolute atomic E-state index is 5.39. The van der Waals surface area contributed by atoms with E-state index in [2.05, 4.69) is 40.0 Å². The fourth-order valence-corrected chi connectivity index (χ4v) is 3.11. The third-order valence-corrected chi connectivity index (χ3v) is 4.11. The lowest BCUT2D eigenvalue weighted by Crippen LogP contribution is -1.80. The van der Waals surface area contributed by atoms with Gasteiger partial charge >= 0.3 is 0 Å². The van der Waals surface area contributed by atoms with E-state index >= 15 is 0 Å². The lowest BCUT2D eigenvalue weighted by Gasteiger charge is -1.98. The van der Waals surface area contributed by atoms with E-state index in [1.165, 1.54) is 4.88 Å². The number of benzene rings is 1. The molecule has 0 N–H and O–H groups in total. The van der Waals surface area contributed by atoms with Crippen molar-refractivity contribution in [2.45, 2.75) is 6.92 Å². The van der Waals surface area contributed by atoms with Crippen molar-refractivity contribution in [3.8, 4) is 22.0 Å². The lowest BCUT2D eigenvalue weighted by molar-refractivity contribution is 0.582. The molecule has 0 saturated carbocycles. The molecule has 0 aliphatic carbocycles. The first kappa shape index (κ1) is 11.7. The molecule has 0 atom stereocenters. The SMILES string of the molecule is Cc1sc(-c2ccco2)nc1-c1cccc(Br)c1. The Morgan fingerprint density at radius 2 is 2.11 bits per heavy atom. The summed E-state index contributed by atoms with van der Waals surface area (Å²) >= 11 is 5.14. The predicted molar refractivity (Wildman–Crippen MR) is 77.7 cm³/mol. The third-order valence-electron chi connectivity index (χ3n) is 2.63. The van der Waals surface area contributed by atoms with Gasteiger partial charge in [0.05, 0.1) is 12.0 Å². The van der Waals surface area contributed by atoms with E-state index in [1.54, 1.807) is 17.6 Å². The van der Waals surface area contributed by atoms with E-state index in [1.807, 2.05) is 24.3 Å². The summed E-state index contributed by atoms with van der Waals surface area (Å²) in [4.78, 5) is 5.86. The molecule has 0 bridgehead atoms. The monoisotopic (exact) mass is 319 g/mol. The number of rotatable bonds is 2. The Labute approximate surface area is 117 Å². The van der Waals surface area contributed by atoms with Crippen LogP contribution in [0.3, 0.4) is 0 Å². The summed E-state index contributed by atoms with van der Waals surface area (Å²) in [5, 5.41) is 0.924. The van der Waals surface area contributed by atoms with Gasteiger partial charge in [0.1, 0.15) is 0 Å². The highest BCUT2D eigenvalue weighted by molar-refractivity contribution is 9.10. The first-order chi connectivity index (χ1) is 8.74. The summed E-state index contributed by atoms with van der Waals surface area (Å²) in [6.07, 6.45) is 1.67. The van der Waals surface area contributed by atoms with E-state index in [9.17, 15) is 0 Å². The highest BCUT2D eigenvalue weighted by atomic mass is 79.9. The van der Waals surface area contributed by atoms with Gasteiger partial charge in [-0.05, 0) is 31.2 Å². The third kappa shape index (κ3) is 2.13. The molecule has 4 heteroatoms. The summed E-state index contributed by atoms with van der Waals surface area (Å²) in [7, 11) is 0. The largest absolute Gasteiger partial charge is 0.462 e. The van der Waals surface area contributed by atoms with Gasteiger partial charge in [0.2, 0.25) is 0 Å². The highest BCUT2D eigenvalue weighted by Crippen LogP contribution is 2.34. The number of halogens is 1. The molecule has 0 saturated heterocycles. The Hall–Kier alpha value is -1.39. The average molecular weight is 320 g/mol. The highest BCUT2D eigenvalue weighted by Gasteiger charge is 2.12.